The fraction of sp³-hybridized carbons (Fsp3) is 0.278. The van der Waals surface area contributed by atoms with Crippen LogP contribution >= 0.6 is 11.8 Å². The van der Waals surface area contributed by atoms with E-state index in [-0.39, 0.29) is 16.9 Å². The lowest BCUT2D eigenvalue weighted by Gasteiger charge is -2.49. The Hall–Kier alpha value is -5.08. The molecular formula is C36H38N4O8S2. The number of β-lactam (4-membered cyclic amide) rings is 1. The summed E-state index contributed by atoms with van der Waals surface area (Å²) in [5, 5.41) is 4.60. The van der Waals surface area contributed by atoms with Gasteiger partial charge >= 0.3 is 12.1 Å². The number of amides is 3. The van der Waals surface area contributed by atoms with E-state index in [1.54, 1.807) is 20.8 Å². The highest BCUT2D eigenvalue weighted by atomic mass is 32.2. The minimum absolute atomic E-state index is 0.0408. The van der Waals surface area contributed by atoms with Crippen molar-refractivity contribution in [3.63, 3.8) is 0 Å². The van der Waals surface area contributed by atoms with Gasteiger partial charge in [-0.05, 0) is 55.2 Å². The second-order valence-electron chi connectivity index (χ2n) is 12.7. The number of hydrogen-bond acceptors (Lipinski definition) is 9. The molecule has 2 aliphatic heterocycles. The van der Waals surface area contributed by atoms with E-state index < -0.39 is 63.1 Å². The fourth-order valence-electron chi connectivity index (χ4n) is 5.49. The van der Waals surface area contributed by atoms with E-state index in [0.717, 1.165) is 17.4 Å². The first-order valence-electron chi connectivity index (χ1n) is 15.6. The number of alkyl carbamates (subject to hydrolysis) is 1. The average Bonchev–Trinajstić information content (AvgIpc) is 3.06. The molecule has 1 fully saturated rings. The van der Waals surface area contributed by atoms with Crippen LogP contribution in [-0.4, -0.2) is 66.2 Å². The highest BCUT2D eigenvalue weighted by Crippen LogP contribution is 2.42. The Morgan fingerprint density at radius 1 is 0.960 bits per heavy atom. The highest BCUT2D eigenvalue weighted by molar-refractivity contribution is 8.00. The van der Waals surface area contributed by atoms with E-state index in [1.165, 1.54) is 47.0 Å². The molecule has 3 N–H and O–H groups in total. The number of thioether (sulfide) groups is 1. The number of sulfonamides is 1. The Balaban J connectivity index is 1.38. The van der Waals surface area contributed by atoms with Crippen molar-refractivity contribution in [3.8, 4) is 0 Å². The lowest BCUT2D eigenvalue weighted by molar-refractivity contribution is -0.154. The normalized spacial score (nSPS) is 17.9. The maximum absolute atomic E-state index is 13.9. The van der Waals surface area contributed by atoms with Crippen LogP contribution < -0.4 is 15.4 Å². The number of benzene rings is 3. The Bertz CT molecular complexity index is 1890. The lowest BCUT2D eigenvalue weighted by atomic mass is 9.99. The van der Waals surface area contributed by atoms with Gasteiger partial charge in [0.05, 0.1) is 6.26 Å². The number of nitrogens with zero attached hydrogens (tertiary/aromatic N) is 1. The Labute approximate surface area is 295 Å². The first-order chi connectivity index (χ1) is 23.6. The van der Waals surface area contributed by atoms with E-state index in [2.05, 4.69) is 21.9 Å². The van der Waals surface area contributed by atoms with E-state index in [1.807, 2.05) is 60.7 Å². The summed E-state index contributed by atoms with van der Waals surface area (Å²) in [6.45, 7) is 8.83. The third-order valence-corrected chi connectivity index (χ3v) is 9.52. The summed E-state index contributed by atoms with van der Waals surface area (Å²) >= 11 is 1.34. The smallest absolute Gasteiger partial charge is 0.408 e. The van der Waals surface area contributed by atoms with Gasteiger partial charge in [0.1, 0.15) is 28.8 Å². The SMILES string of the molecule is C=CC1=C(C(=O)OC(c2ccccc2)c2ccccc2)N2C(=O)C(NC(=O)[C@H](NC(=O)OC(C)(C)C)c3cccc(NS(C)(=O)=O)c3)[C@@H]2SC1. The molecule has 0 radical (unpaired) electrons. The summed E-state index contributed by atoms with van der Waals surface area (Å²) in [6, 6.07) is 22.0. The molecule has 14 heteroatoms. The van der Waals surface area contributed by atoms with Gasteiger partial charge < -0.3 is 20.1 Å². The molecule has 0 bridgehead atoms. The molecule has 262 valence electrons. The zero-order valence-corrected chi connectivity index (χ0v) is 29.5. The maximum atomic E-state index is 13.9. The number of carbonyl (C=O) groups is 4. The van der Waals surface area contributed by atoms with Crippen molar-refractivity contribution >= 4 is 51.3 Å². The molecule has 50 heavy (non-hydrogen) atoms. The molecule has 0 spiro atoms. The van der Waals surface area contributed by atoms with Crippen molar-refractivity contribution in [2.24, 2.45) is 0 Å². The Morgan fingerprint density at radius 2 is 1.56 bits per heavy atom. The monoisotopic (exact) mass is 718 g/mol. The van der Waals surface area contributed by atoms with E-state index in [0.29, 0.717) is 11.3 Å². The van der Waals surface area contributed by atoms with Crippen molar-refractivity contribution in [3.05, 3.63) is 126 Å². The second kappa shape index (κ2) is 14.8. The van der Waals surface area contributed by atoms with Gasteiger partial charge in [-0.3, -0.25) is 19.2 Å². The van der Waals surface area contributed by atoms with Crippen LogP contribution in [0, 0.1) is 0 Å². The van der Waals surface area contributed by atoms with Crippen LogP contribution in [-0.2, 0) is 33.9 Å². The molecule has 3 aromatic carbocycles. The van der Waals surface area contributed by atoms with Gasteiger partial charge in [-0.25, -0.2) is 18.0 Å². The quantitative estimate of drug-likeness (QED) is 0.187. The summed E-state index contributed by atoms with van der Waals surface area (Å²) in [5.41, 5.74) is 1.55. The Kier molecular flexibility index (Phi) is 10.7. The zero-order valence-electron chi connectivity index (χ0n) is 27.9. The fourth-order valence-corrected chi connectivity index (χ4v) is 7.39. The van der Waals surface area contributed by atoms with Crippen molar-refractivity contribution in [1.82, 2.24) is 15.5 Å². The van der Waals surface area contributed by atoms with Gasteiger partial charge in [-0.15, -0.1) is 11.8 Å². The predicted molar refractivity (Wildman–Crippen MR) is 190 cm³/mol. The van der Waals surface area contributed by atoms with Crippen LogP contribution in [0.25, 0.3) is 0 Å². The molecule has 3 atom stereocenters. The Morgan fingerprint density at radius 3 is 2.12 bits per heavy atom. The average molecular weight is 719 g/mol. The van der Waals surface area contributed by atoms with Crippen molar-refractivity contribution in [2.45, 2.75) is 49.9 Å². The van der Waals surface area contributed by atoms with Crippen molar-refractivity contribution in [2.75, 3.05) is 16.7 Å². The molecule has 2 aliphatic rings. The van der Waals surface area contributed by atoms with E-state index in [9.17, 15) is 27.6 Å². The standard InChI is InChI=1S/C36H38N4O8S2/c1-6-22-21-49-33-28(32(42)40(33)29(22)34(43)47-30(23-14-9-7-10-15-23)24-16-11-8-12-17-24)37-31(41)27(38-35(44)48-36(2,3)4)25-18-13-19-26(20-25)39-50(5,45)46/h6-20,27-28,30,33,39H,1,21H2,2-5H3,(H,37,41)(H,38,44)/t27-,28?,33+/m1/s1. The molecule has 0 aromatic heterocycles. The number of esters is 1. The third-order valence-electron chi connectivity index (χ3n) is 7.61. The minimum Gasteiger partial charge on any atom is -0.448 e. The second-order valence-corrected chi connectivity index (χ2v) is 15.5. The van der Waals surface area contributed by atoms with E-state index >= 15 is 0 Å². The lowest BCUT2D eigenvalue weighted by Crippen LogP contribution is -2.71. The third kappa shape index (κ3) is 8.55. The van der Waals surface area contributed by atoms with Gasteiger partial charge in [-0.1, -0.05) is 85.5 Å². The number of rotatable bonds is 11. The number of carbonyl (C=O) groups excluding carboxylic acids is 4. The van der Waals surface area contributed by atoms with E-state index in [4.69, 9.17) is 9.47 Å². The highest BCUT2D eigenvalue weighted by Gasteiger charge is 2.55. The number of nitrogens with one attached hydrogen (secondary N) is 3. The number of allylic oxidation sites excluding steroid dienone is 1. The molecule has 12 nitrogen and oxygen atoms in total. The van der Waals surface area contributed by atoms with Gasteiger partial charge in [-0.2, -0.15) is 0 Å². The maximum Gasteiger partial charge on any atom is 0.408 e. The van der Waals surface area contributed by atoms with Crippen LogP contribution in [0.4, 0.5) is 10.5 Å². The largest absolute Gasteiger partial charge is 0.448 e. The first-order valence-corrected chi connectivity index (χ1v) is 18.6. The number of anilines is 1. The number of fused-ring (bicyclic) bond motifs is 1. The minimum atomic E-state index is -3.64. The molecule has 0 aliphatic carbocycles. The predicted octanol–water partition coefficient (Wildman–Crippen LogP) is 4.80. The molecule has 1 unspecified atom stereocenters. The van der Waals surface area contributed by atoms with Crippen molar-refractivity contribution in [1.29, 1.82) is 0 Å². The molecule has 5 rings (SSSR count). The van der Waals surface area contributed by atoms with Gasteiger partial charge in [0.2, 0.25) is 15.9 Å². The molecule has 1 saturated heterocycles. The molecule has 0 saturated carbocycles. The summed E-state index contributed by atoms with van der Waals surface area (Å²) in [7, 11) is -3.64. The molecule has 3 amide bonds. The summed E-state index contributed by atoms with van der Waals surface area (Å²) in [4.78, 5) is 55.6. The van der Waals surface area contributed by atoms with Crippen LogP contribution in [0.1, 0.15) is 49.6 Å². The molecule has 2 heterocycles. The summed E-state index contributed by atoms with van der Waals surface area (Å²) in [6.07, 6.45) is 0.842. The van der Waals surface area contributed by atoms with Crippen LogP contribution in [0.2, 0.25) is 0 Å². The first kappa shape index (κ1) is 36.2. The number of hydrogen-bond donors (Lipinski definition) is 3. The summed E-state index contributed by atoms with van der Waals surface area (Å²) < 4.78 is 37.6. The zero-order chi connectivity index (χ0) is 36.2. The topological polar surface area (TPSA) is 160 Å². The summed E-state index contributed by atoms with van der Waals surface area (Å²) in [5.74, 6) is -1.71. The van der Waals surface area contributed by atoms with Gasteiger partial charge in [0.15, 0.2) is 6.10 Å². The van der Waals surface area contributed by atoms with Gasteiger partial charge in [0, 0.05) is 11.4 Å². The molecule has 3 aromatic rings. The van der Waals surface area contributed by atoms with Gasteiger partial charge in [0.25, 0.3) is 5.91 Å². The van der Waals surface area contributed by atoms with Crippen LogP contribution in [0.3, 0.4) is 0 Å². The molecular weight excluding hydrogens is 681 g/mol. The van der Waals surface area contributed by atoms with Crippen LogP contribution in [0.15, 0.2) is 109 Å². The number of ether oxygens (including phenoxy) is 2. The van der Waals surface area contributed by atoms with Crippen LogP contribution in [0.5, 0.6) is 0 Å². The van der Waals surface area contributed by atoms with Crippen molar-refractivity contribution < 1.29 is 37.1 Å².